The Hall–Kier alpha value is -0.630. The maximum absolute atomic E-state index is 13.8. The summed E-state index contributed by atoms with van der Waals surface area (Å²) in [6.07, 6.45) is 12.4. The van der Waals surface area contributed by atoms with Crippen molar-refractivity contribution in [3.05, 3.63) is 11.6 Å². The first-order chi connectivity index (χ1) is 13.3. The van der Waals surface area contributed by atoms with Crippen molar-refractivity contribution >= 4 is 5.78 Å². The molecule has 0 bridgehead atoms. The van der Waals surface area contributed by atoms with Gasteiger partial charge < -0.3 is 5.11 Å². The average Bonchev–Trinajstić information content (AvgIpc) is 3.01. The summed E-state index contributed by atoms with van der Waals surface area (Å²) >= 11 is 0. The molecule has 9 atom stereocenters. The van der Waals surface area contributed by atoms with E-state index in [9.17, 15) is 9.90 Å². The number of aliphatic hydroxyl groups excluding tert-OH is 1. The highest BCUT2D eigenvalue weighted by Gasteiger charge is 2.64. The predicted octanol–water partition coefficient (Wildman–Crippen LogP) is 6.18. The molecule has 2 nitrogen and oxygen atoms in total. The highest BCUT2D eigenvalue weighted by Crippen LogP contribution is 2.68. The molecule has 0 amide bonds. The van der Waals surface area contributed by atoms with Crippen molar-refractivity contribution in [2.24, 2.45) is 46.3 Å². The molecule has 1 N–H and O–H groups in total. The van der Waals surface area contributed by atoms with E-state index in [1.54, 1.807) is 0 Å². The van der Waals surface area contributed by atoms with Gasteiger partial charge in [-0.3, -0.25) is 4.79 Å². The number of hydrogen-bond acceptors (Lipinski definition) is 2. The molecule has 0 aromatic carbocycles. The Balaban J connectivity index is 1.70. The zero-order chi connectivity index (χ0) is 20.3. The summed E-state index contributed by atoms with van der Waals surface area (Å²) in [6, 6.07) is 0. The van der Waals surface area contributed by atoms with E-state index in [1.165, 1.54) is 38.5 Å². The number of fused-ring (bicyclic) bond motifs is 5. The van der Waals surface area contributed by atoms with E-state index < -0.39 is 0 Å². The van der Waals surface area contributed by atoms with Crippen LogP contribution < -0.4 is 0 Å². The Morgan fingerprint density at radius 2 is 1.79 bits per heavy atom. The molecular formula is C26H42O2. The normalized spacial score (nSPS) is 50.8. The van der Waals surface area contributed by atoms with E-state index in [0.717, 1.165) is 36.7 Å². The van der Waals surface area contributed by atoms with Crippen LogP contribution in [-0.4, -0.2) is 17.0 Å². The smallest absolute Gasteiger partial charge is 0.162 e. The van der Waals surface area contributed by atoms with Gasteiger partial charge in [0.1, 0.15) is 0 Å². The van der Waals surface area contributed by atoms with Crippen molar-refractivity contribution in [3.63, 3.8) is 0 Å². The maximum atomic E-state index is 13.8. The lowest BCUT2D eigenvalue weighted by Gasteiger charge is -2.61. The number of carbonyl (C=O) groups excluding carboxylic acids is 1. The number of allylic oxidation sites excluding steroid dienone is 2. The molecule has 158 valence electrons. The van der Waals surface area contributed by atoms with Crippen molar-refractivity contribution in [2.45, 2.75) is 98.5 Å². The van der Waals surface area contributed by atoms with E-state index in [4.69, 9.17) is 0 Å². The lowest BCUT2D eigenvalue weighted by atomic mass is 9.43. The number of hydrogen-bond donors (Lipinski definition) is 1. The number of Topliss-reactive ketones (excluding diaryl/α,β-unsaturated/α-hetero) is 1. The topological polar surface area (TPSA) is 37.3 Å². The van der Waals surface area contributed by atoms with Crippen molar-refractivity contribution in [1.82, 2.24) is 0 Å². The van der Waals surface area contributed by atoms with E-state index in [0.29, 0.717) is 23.0 Å². The van der Waals surface area contributed by atoms with Crippen LogP contribution in [0.5, 0.6) is 0 Å². The maximum Gasteiger partial charge on any atom is 0.162 e. The van der Waals surface area contributed by atoms with Gasteiger partial charge in [-0.25, -0.2) is 0 Å². The minimum Gasteiger partial charge on any atom is -0.393 e. The lowest BCUT2D eigenvalue weighted by Crippen LogP contribution is -2.58. The van der Waals surface area contributed by atoms with Crippen LogP contribution in [0.2, 0.25) is 0 Å². The third-order valence-corrected chi connectivity index (χ3v) is 10.2. The Bertz CT molecular complexity index is 651. The quantitative estimate of drug-likeness (QED) is 0.588. The van der Waals surface area contributed by atoms with Crippen LogP contribution in [0.15, 0.2) is 11.6 Å². The highest BCUT2D eigenvalue weighted by atomic mass is 16.3. The second-order valence-electron chi connectivity index (χ2n) is 11.3. The number of aliphatic hydroxyl groups is 1. The van der Waals surface area contributed by atoms with Crippen molar-refractivity contribution in [1.29, 1.82) is 0 Å². The fourth-order valence-corrected chi connectivity index (χ4v) is 8.82. The van der Waals surface area contributed by atoms with Crippen molar-refractivity contribution in [2.75, 3.05) is 0 Å². The number of carbonyl (C=O) groups is 1. The predicted molar refractivity (Wildman–Crippen MR) is 115 cm³/mol. The first-order valence-corrected chi connectivity index (χ1v) is 12.2. The summed E-state index contributed by atoms with van der Waals surface area (Å²) in [4.78, 5) is 13.8. The molecular weight excluding hydrogens is 344 g/mol. The lowest BCUT2D eigenvalue weighted by molar-refractivity contribution is -0.150. The van der Waals surface area contributed by atoms with Crippen LogP contribution in [0.1, 0.15) is 92.4 Å². The Kier molecular flexibility index (Phi) is 5.35. The van der Waals surface area contributed by atoms with Gasteiger partial charge in [0.15, 0.2) is 5.78 Å². The Morgan fingerprint density at radius 3 is 2.46 bits per heavy atom. The van der Waals surface area contributed by atoms with Crippen molar-refractivity contribution < 1.29 is 9.90 Å². The summed E-state index contributed by atoms with van der Waals surface area (Å²) < 4.78 is 0. The molecule has 4 aliphatic rings. The molecule has 2 heteroatoms. The Morgan fingerprint density at radius 1 is 1.11 bits per heavy atom. The van der Waals surface area contributed by atoms with Gasteiger partial charge in [0.2, 0.25) is 0 Å². The molecule has 4 rings (SSSR count). The van der Waals surface area contributed by atoms with Gasteiger partial charge in [-0.15, -0.1) is 0 Å². The van der Waals surface area contributed by atoms with E-state index in [2.05, 4.69) is 40.7 Å². The number of rotatable bonds is 3. The standard InChI is InChI=1S/C26H42O2/c1-6-8-16(3)19-9-10-20-23-21(12-14-25(19,20)4)26(5)13-11-17(27)15-22(26)18(7-2)24(23)28/h7,16-17,19-23,27H,6,8-15H2,1-5H3/b18-7+/t16-,17-,19-,20?,21?,22+,23?,25-,26-/m1/s1. The molecule has 4 aliphatic carbocycles. The number of ketones is 1. The highest BCUT2D eigenvalue weighted by molar-refractivity contribution is 5.99. The van der Waals surface area contributed by atoms with Crippen molar-refractivity contribution in [3.8, 4) is 0 Å². The first kappa shape index (κ1) is 20.6. The molecule has 4 saturated carbocycles. The average molecular weight is 387 g/mol. The molecule has 3 unspecified atom stereocenters. The zero-order valence-corrected chi connectivity index (χ0v) is 18.8. The second kappa shape index (κ2) is 7.25. The van der Waals surface area contributed by atoms with Crippen LogP contribution in [0.25, 0.3) is 0 Å². The molecule has 0 aromatic rings. The summed E-state index contributed by atoms with van der Waals surface area (Å²) in [7, 11) is 0. The molecule has 4 fully saturated rings. The third kappa shape index (κ3) is 2.80. The van der Waals surface area contributed by atoms with Gasteiger partial charge in [-0.05, 0) is 97.9 Å². The molecule has 0 aromatic heterocycles. The van der Waals surface area contributed by atoms with Crippen LogP contribution in [0.4, 0.5) is 0 Å². The van der Waals surface area contributed by atoms with E-state index >= 15 is 0 Å². The van der Waals surface area contributed by atoms with Gasteiger partial charge in [0, 0.05) is 5.92 Å². The Labute approximate surface area is 172 Å². The van der Waals surface area contributed by atoms with Gasteiger partial charge in [-0.1, -0.05) is 46.6 Å². The molecule has 0 spiro atoms. The van der Waals surface area contributed by atoms with Crippen LogP contribution in [0, 0.1) is 46.3 Å². The van der Waals surface area contributed by atoms with Crippen LogP contribution in [0.3, 0.4) is 0 Å². The van der Waals surface area contributed by atoms with Gasteiger partial charge >= 0.3 is 0 Å². The summed E-state index contributed by atoms with van der Waals surface area (Å²) in [5.74, 6) is 3.64. The van der Waals surface area contributed by atoms with E-state index in [-0.39, 0.29) is 23.4 Å². The summed E-state index contributed by atoms with van der Waals surface area (Å²) in [5, 5.41) is 10.4. The minimum absolute atomic E-state index is 0.202. The summed E-state index contributed by atoms with van der Waals surface area (Å²) in [5.41, 5.74) is 1.62. The fraction of sp³-hybridized carbons (Fsp3) is 0.885. The van der Waals surface area contributed by atoms with Gasteiger partial charge in [0.25, 0.3) is 0 Å². The van der Waals surface area contributed by atoms with Gasteiger partial charge in [-0.2, -0.15) is 0 Å². The largest absolute Gasteiger partial charge is 0.393 e. The van der Waals surface area contributed by atoms with Crippen LogP contribution in [-0.2, 0) is 4.79 Å². The molecule has 28 heavy (non-hydrogen) atoms. The van der Waals surface area contributed by atoms with Crippen LogP contribution >= 0.6 is 0 Å². The molecule has 0 heterocycles. The first-order valence-electron chi connectivity index (χ1n) is 12.2. The zero-order valence-electron chi connectivity index (χ0n) is 18.8. The van der Waals surface area contributed by atoms with Gasteiger partial charge in [0.05, 0.1) is 6.10 Å². The minimum atomic E-state index is -0.225. The third-order valence-electron chi connectivity index (χ3n) is 10.2. The SMILES string of the molecule is C/C=C1/C(=O)C2C3CC[C@H]([C@H](C)CCC)[C@@]3(C)CCC2[C@@]2(C)CC[C@@H](O)C[C@@H]12. The molecule has 0 saturated heterocycles. The molecule has 0 aliphatic heterocycles. The monoisotopic (exact) mass is 386 g/mol. The summed E-state index contributed by atoms with van der Waals surface area (Å²) in [6.45, 7) is 11.8. The molecule has 0 radical (unpaired) electrons. The second-order valence-corrected chi connectivity index (χ2v) is 11.3. The van der Waals surface area contributed by atoms with E-state index in [1.807, 2.05) is 0 Å². The fourth-order valence-electron chi connectivity index (χ4n) is 8.82.